The van der Waals surface area contributed by atoms with E-state index in [2.05, 4.69) is 32.0 Å². The van der Waals surface area contributed by atoms with Crippen LogP contribution in [-0.4, -0.2) is 106 Å². The van der Waals surface area contributed by atoms with Crippen molar-refractivity contribution in [2.75, 3.05) is 41.3 Å². The Morgan fingerprint density at radius 3 is 2.12 bits per heavy atom. The maximum absolute atomic E-state index is 14.0. The van der Waals surface area contributed by atoms with E-state index in [-0.39, 0.29) is 30.1 Å². The van der Waals surface area contributed by atoms with Crippen LogP contribution in [0.5, 0.6) is 0 Å². The van der Waals surface area contributed by atoms with Gasteiger partial charge in [0.05, 0.1) is 18.0 Å². The van der Waals surface area contributed by atoms with Crippen LogP contribution in [-0.2, 0) is 29.5 Å². The number of H-pyrrole nitrogens is 1. The summed E-state index contributed by atoms with van der Waals surface area (Å²) in [5.41, 5.74) is 4.56. The summed E-state index contributed by atoms with van der Waals surface area (Å²) in [6, 6.07) is 19.1. The molecule has 0 unspecified atom stereocenters. The van der Waals surface area contributed by atoms with E-state index in [0.717, 1.165) is 34.2 Å². The molecule has 2 atom stereocenters. The lowest BCUT2D eigenvalue weighted by Crippen LogP contribution is -2.47. The molecule has 6 rings (SSSR count). The summed E-state index contributed by atoms with van der Waals surface area (Å²) in [5, 5.41) is 28.8. The first-order valence-electron chi connectivity index (χ1n) is 17.1. The Morgan fingerprint density at radius 1 is 0.980 bits per heavy atom. The minimum absolute atomic E-state index is 0.0129. The summed E-state index contributed by atoms with van der Waals surface area (Å²) in [6.07, 6.45) is 3.36. The van der Waals surface area contributed by atoms with E-state index >= 15 is 0 Å². The summed E-state index contributed by atoms with van der Waals surface area (Å²) >= 11 is 0. The number of halogens is 1. The third-order valence-electron chi connectivity index (χ3n) is 10.1. The normalized spacial score (nSPS) is 16.7. The Hall–Kier alpha value is -5.48. The van der Waals surface area contributed by atoms with E-state index in [1.165, 1.54) is 21.9 Å². The Labute approximate surface area is 296 Å². The second-order valence-corrected chi connectivity index (χ2v) is 13.8. The number of nitriles is 1. The van der Waals surface area contributed by atoms with Gasteiger partial charge in [-0.15, -0.1) is 5.10 Å². The molecule has 12 nitrogen and oxygen atoms in total. The van der Waals surface area contributed by atoms with Crippen molar-refractivity contribution in [2.24, 2.45) is 0 Å². The lowest BCUT2D eigenvalue weighted by molar-refractivity contribution is -0.130. The highest BCUT2D eigenvalue weighted by atomic mass is 19.1. The SMILES string of the molecule is CN(C)C(=O)c1ccc2c(c1)CCc1cc(C(=O)N(C)C)ccc1C2(C[C@H](Cc1ccc(F)cc1)NCC(=O)N1CCC[C@H]1C#N)c1nnn[nH]1. The maximum atomic E-state index is 14.0. The molecule has 264 valence electrons. The molecular formula is C38H42FN9O3. The fraction of sp³-hybridized carbons (Fsp3) is 0.395. The smallest absolute Gasteiger partial charge is 0.253 e. The van der Waals surface area contributed by atoms with Crippen LogP contribution in [0.25, 0.3) is 0 Å². The minimum atomic E-state index is -1.03. The highest BCUT2D eigenvalue weighted by Crippen LogP contribution is 2.47. The van der Waals surface area contributed by atoms with E-state index in [4.69, 9.17) is 0 Å². The van der Waals surface area contributed by atoms with Gasteiger partial charge in [-0.3, -0.25) is 14.4 Å². The number of aromatic nitrogens is 4. The standard InChI is InChI=1S/C38H42FN9O3/c1-46(2)35(50)27-11-15-32-25(19-27)9-10-26-20-28(36(51)47(3)4)12-16-33(26)38(32,37-42-44-45-43-37)21-30(18-24-7-13-29(39)14-8-24)41-23-34(49)48-17-5-6-31(48)22-40/h7-8,11-16,19-20,30-31,41H,5-6,9-10,17-18,21,23H2,1-4H3,(H,42,43,44,45)/t30-,31-/m0/s1. The average Bonchev–Trinajstić information content (AvgIpc) is 3.83. The van der Waals surface area contributed by atoms with Crippen LogP contribution in [0, 0.1) is 17.1 Å². The summed E-state index contributed by atoms with van der Waals surface area (Å²) in [6.45, 7) is 0.513. The zero-order valence-corrected chi connectivity index (χ0v) is 29.3. The molecule has 13 heteroatoms. The van der Waals surface area contributed by atoms with Gasteiger partial charge in [-0.25, -0.2) is 9.49 Å². The second kappa shape index (κ2) is 14.8. The molecule has 1 fully saturated rings. The van der Waals surface area contributed by atoms with Crippen molar-refractivity contribution >= 4 is 17.7 Å². The molecule has 0 saturated carbocycles. The molecule has 1 saturated heterocycles. The van der Waals surface area contributed by atoms with E-state index in [0.29, 0.717) is 55.6 Å². The summed E-state index contributed by atoms with van der Waals surface area (Å²) in [4.78, 5) is 44.6. The molecule has 2 aliphatic rings. The van der Waals surface area contributed by atoms with Gasteiger partial charge in [0.2, 0.25) is 5.91 Å². The number of tetrazole rings is 1. The first kappa shape index (κ1) is 35.3. The predicted octanol–water partition coefficient (Wildman–Crippen LogP) is 3.28. The van der Waals surface area contributed by atoms with Crippen LogP contribution in [0.4, 0.5) is 4.39 Å². The van der Waals surface area contributed by atoms with Gasteiger partial charge in [-0.1, -0.05) is 24.3 Å². The summed E-state index contributed by atoms with van der Waals surface area (Å²) in [7, 11) is 6.86. The number of likely N-dealkylation sites (tertiary alicyclic amines) is 1. The molecule has 3 aromatic carbocycles. The first-order valence-corrected chi connectivity index (χ1v) is 17.1. The van der Waals surface area contributed by atoms with E-state index in [9.17, 15) is 24.0 Å². The van der Waals surface area contributed by atoms with Crippen molar-refractivity contribution in [1.29, 1.82) is 5.26 Å². The van der Waals surface area contributed by atoms with Crippen LogP contribution >= 0.6 is 0 Å². The molecular weight excluding hydrogens is 649 g/mol. The lowest BCUT2D eigenvalue weighted by Gasteiger charge is -2.38. The number of carbonyl (C=O) groups excluding carboxylic acids is 3. The number of benzene rings is 3. The van der Waals surface area contributed by atoms with Gasteiger partial charge in [0.25, 0.3) is 11.8 Å². The van der Waals surface area contributed by atoms with Gasteiger partial charge >= 0.3 is 0 Å². The Kier molecular flexibility index (Phi) is 10.2. The Balaban J connectivity index is 1.51. The van der Waals surface area contributed by atoms with Crippen molar-refractivity contribution in [2.45, 2.75) is 56.0 Å². The number of nitrogens with one attached hydrogen (secondary N) is 2. The second-order valence-electron chi connectivity index (χ2n) is 13.8. The van der Waals surface area contributed by atoms with E-state index < -0.39 is 17.5 Å². The number of aryl methyl sites for hydroxylation is 2. The van der Waals surface area contributed by atoms with E-state index in [1.54, 1.807) is 45.2 Å². The predicted molar refractivity (Wildman–Crippen MR) is 187 cm³/mol. The topological polar surface area (TPSA) is 151 Å². The van der Waals surface area contributed by atoms with Crippen LogP contribution < -0.4 is 5.32 Å². The Bertz CT molecular complexity index is 1880. The number of hydrogen-bond acceptors (Lipinski definition) is 8. The number of nitrogens with zero attached hydrogens (tertiary/aromatic N) is 7. The largest absolute Gasteiger partial charge is 0.345 e. The highest BCUT2D eigenvalue weighted by Gasteiger charge is 2.46. The van der Waals surface area contributed by atoms with Crippen molar-refractivity contribution in [3.8, 4) is 6.07 Å². The monoisotopic (exact) mass is 691 g/mol. The van der Waals surface area contributed by atoms with Gasteiger partial charge in [-0.05, 0) is 113 Å². The third kappa shape index (κ3) is 7.09. The fourth-order valence-corrected chi connectivity index (χ4v) is 7.57. The van der Waals surface area contributed by atoms with Crippen LogP contribution in [0.15, 0.2) is 60.7 Å². The number of rotatable bonds is 10. The number of fused-ring (bicyclic) bond motifs is 2. The molecule has 0 bridgehead atoms. The fourth-order valence-electron chi connectivity index (χ4n) is 7.57. The molecule has 3 amide bonds. The quantitative estimate of drug-likeness (QED) is 0.257. The molecule has 1 aliphatic heterocycles. The Morgan fingerprint density at radius 2 is 1.59 bits per heavy atom. The molecule has 51 heavy (non-hydrogen) atoms. The zero-order chi connectivity index (χ0) is 36.3. The van der Waals surface area contributed by atoms with Gasteiger partial charge in [0.15, 0.2) is 5.82 Å². The first-order chi connectivity index (χ1) is 24.5. The molecule has 1 aromatic heterocycles. The van der Waals surface area contributed by atoms with Gasteiger partial charge in [-0.2, -0.15) is 5.26 Å². The number of aromatic amines is 1. The highest BCUT2D eigenvalue weighted by molar-refractivity contribution is 5.95. The van der Waals surface area contributed by atoms with Crippen molar-refractivity contribution in [1.82, 2.24) is 40.6 Å². The van der Waals surface area contributed by atoms with Crippen LogP contribution in [0.2, 0.25) is 0 Å². The van der Waals surface area contributed by atoms with E-state index in [1.807, 2.05) is 36.4 Å². The molecule has 4 aromatic rings. The molecule has 2 N–H and O–H groups in total. The average molecular weight is 692 g/mol. The number of amides is 3. The van der Waals surface area contributed by atoms with Gasteiger partial charge in [0.1, 0.15) is 11.9 Å². The molecule has 0 spiro atoms. The summed E-state index contributed by atoms with van der Waals surface area (Å²) < 4.78 is 14.0. The van der Waals surface area contributed by atoms with Crippen molar-refractivity contribution in [3.05, 3.63) is 111 Å². The van der Waals surface area contributed by atoms with Crippen LogP contribution in [0.3, 0.4) is 0 Å². The number of hydrogen-bond donors (Lipinski definition) is 2. The van der Waals surface area contributed by atoms with Crippen LogP contribution in [0.1, 0.15) is 73.6 Å². The summed E-state index contributed by atoms with van der Waals surface area (Å²) in [5.74, 6) is -0.308. The van der Waals surface area contributed by atoms with Crippen molar-refractivity contribution in [3.63, 3.8) is 0 Å². The molecule has 2 heterocycles. The zero-order valence-electron chi connectivity index (χ0n) is 29.3. The van der Waals surface area contributed by atoms with Gasteiger partial charge < -0.3 is 20.0 Å². The maximum Gasteiger partial charge on any atom is 0.253 e. The molecule has 0 radical (unpaired) electrons. The minimum Gasteiger partial charge on any atom is -0.345 e. The van der Waals surface area contributed by atoms with Gasteiger partial charge in [0, 0.05) is 51.9 Å². The van der Waals surface area contributed by atoms with Crippen molar-refractivity contribution < 1.29 is 18.8 Å². The lowest BCUT2D eigenvalue weighted by atomic mass is 9.67. The molecule has 1 aliphatic carbocycles. The third-order valence-corrected chi connectivity index (χ3v) is 10.1. The number of carbonyl (C=O) groups is 3.